The third-order valence-electron chi connectivity index (χ3n) is 12.9. The Hall–Kier alpha value is -5.99. The van der Waals surface area contributed by atoms with Gasteiger partial charge in [0.1, 0.15) is 11.6 Å². The number of alkyl halides is 10. The van der Waals surface area contributed by atoms with Crippen LogP contribution in [0.25, 0.3) is 0 Å². The van der Waals surface area contributed by atoms with Gasteiger partial charge in [0.15, 0.2) is 11.5 Å². The van der Waals surface area contributed by atoms with Crippen LogP contribution in [-0.2, 0) is 37.4 Å². The van der Waals surface area contributed by atoms with Crippen molar-refractivity contribution in [1.29, 1.82) is 9.56 Å². The molecule has 15 nitrogen and oxygen atoms in total. The third kappa shape index (κ3) is 14.2. The lowest BCUT2D eigenvalue weighted by Gasteiger charge is -2.26. The molecule has 0 bridgehead atoms. The number of hydrogen-bond acceptors (Lipinski definition) is 14. The van der Waals surface area contributed by atoms with E-state index in [1.165, 1.54) is 40.1 Å². The fourth-order valence-corrected chi connectivity index (χ4v) is 11.1. The van der Waals surface area contributed by atoms with Gasteiger partial charge in [0.25, 0.3) is 11.8 Å². The van der Waals surface area contributed by atoms with Gasteiger partial charge in [-0.15, -0.1) is 36.9 Å². The van der Waals surface area contributed by atoms with Gasteiger partial charge in [-0.1, -0.05) is 6.07 Å². The lowest BCUT2D eigenvalue weighted by molar-refractivity contribution is -0.276. The molecule has 8 rings (SSSR count). The zero-order valence-corrected chi connectivity index (χ0v) is 40.2. The van der Waals surface area contributed by atoms with Crippen LogP contribution in [-0.4, -0.2) is 87.5 Å². The number of pyridine rings is 3. The van der Waals surface area contributed by atoms with Crippen LogP contribution in [0.5, 0.6) is 11.5 Å². The minimum atomic E-state index is -5.30. The highest BCUT2D eigenvalue weighted by Gasteiger charge is 2.43. The second kappa shape index (κ2) is 20.7. The Morgan fingerprint density at radius 3 is 1.77 bits per heavy atom. The van der Waals surface area contributed by atoms with Crippen molar-refractivity contribution in [3.8, 4) is 11.5 Å². The molecule has 2 aliphatic heterocycles. The van der Waals surface area contributed by atoms with Crippen molar-refractivity contribution in [2.75, 3.05) is 52.4 Å². The first-order valence-corrected chi connectivity index (χ1v) is 26.0. The highest BCUT2D eigenvalue weighted by atomic mass is 32.2. The fraction of sp³-hybridized carbons (Fsp3) is 0.500. The van der Waals surface area contributed by atoms with Crippen molar-refractivity contribution < 1.29 is 71.4 Å². The van der Waals surface area contributed by atoms with Gasteiger partial charge >= 0.3 is 12.7 Å². The van der Waals surface area contributed by atoms with Crippen LogP contribution in [0.1, 0.15) is 89.9 Å². The molecule has 396 valence electrons. The monoisotopic (exact) mass is 1080 g/mol. The maximum absolute atomic E-state index is 14.5. The predicted octanol–water partition coefficient (Wildman–Crippen LogP) is 10.7. The normalized spacial score (nSPS) is 20.9. The molecular weight excluding hydrogens is 1030 g/mol. The van der Waals surface area contributed by atoms with Gasteiger partial charge in [0.05, 0.1) is 32.2 Å². The third-order valence-corrected chi connectivity index (χ3v) is 15.4. The summed E-state index contributed by atoms with van der Waals surface area (Å²) in [6.45, 7) is -0.622. The number of hydrogen-bond donors (Lipinski definition) is 4. The molecule has 5 heterocycles. The van der Waals surface area contributed by atoms with E-state index in [0.717, 1.165) is 37.2 Å². The van der Waals surface area contributed by atoms with E-state index in [2.05, 4.69) is 35.1 Å². The first-order valence-electron chi connectivity index (χ1n) is 23.1. The van der Waals surface area contributed by atoms with Gasteiger partial charge in [-0.3, -0.25) is 14.6 Å². The second-order valence-corrected chi connectivity index (χ2v) is 21.7. The van der Waals surface area contributed by atoms with Crippen LogP contribution in [0, 0.1) is 27.3 Å². The molecule has 2 aliphatic carbocycles. The molecule has 3 atom stereocenters. The van der Waals surface area contributed by atoms with E-state index < -0.39 is 117 Å². The number of rotatable bonds is 16. The Balaban J connectivity index is 1.03. The summed E-state index contributed by atoms with van der Waals surface area (Å²) in [6, 6.07) is 9.32. The number of anilines is 4. The van der Waals surface area contributed by atoms with E-state index in [1.54, 1.807) is 0 Å². The smallest absolute Gasteiger partial charge is 0.439 e. The molecule has 2 amide bonds. The summed E-state index contributed by atoms with van der Waals surface area (Å²) in [4.78, 5) is 43.2. The van der Waals surface area contributed by atoms with E-state index in [1.807, 2.05) is 0 Å². The molecule has 2 saturated carbocycles. The number of amides is 2. The summed E-state index contributed by atoms with van der Waals surface area (Å²) in [5.41, 5.74) is -1.37. The highest BCUT2D eigenvalue weighted by Crippen LogP contribution is 2.46. The number of carbonyl (C=O) groups is 2. The summed E-state index contributed by atoms with van der Waals surface area (Å²) in [5.74, 6) is -11.5. The first-order chi connectivity index (χ1) is 34.2. The van der Waals surface area contributed by atoms with E-state index in [4.69, 9.17) is 9.56 Å². The molecule has 4 aliphatic rings. The minimum absolute atomic E-state index is 0.00114. The second-order valence-electron chi connectivity index (χ2n) is 18.6. The van der Waals surface area contributed by atoms with Crippen molar-refractivity contribution >= 4 is 55.1 Å². The molecule has 4 N–H and O–H groups in total. The summed E-state index contributed by atoms with van der Waals surface area (Å²) < 4.78 is 192. The molecule has 27 heteroatoms. The lowest BCUT2D eigenvalue weighted by atomic mass is 10.1. The molecule has 3 unspecified atom stereocenters. The number of halogens is 10. The Morgan fingerprint density at radius 2 is 1.26 bits per heavy atom. The minimum Gasteiger partial charge on any atom is -0.439 e. The number of carbonyl (C=O) groups excluding carboxylic acids is 2. The number of nitrogens with one attached hydrogen (secondary N) is 4. The van der Waals surface area contributed by atoms with E-state index in [9.17, 15) is 61.9 Å². The lowest BCUT2D eigenvalue weighted by Crippen LogP contribution is -2.30. The Kier molecular flexibility index (Phi) is 15.1. The fourth-order valence-electron chi connectivity index (χ4n) is 8.90. The summed E-state index contributed by atoms with van der Waals surface area (Å²) >= 11 is 0. The van der Waals surface area contributed by atoms with Crippen LogP contribution >= 0.6 is 0 Å². The van der Waals surface area contributed by atoms with Crippen LogP contribution < -0.4 is 29.9 Å². The number of nitrogens with zero attached hydrogens (tertiary/aromatic N) is 5. The Labute approximate surface area is 413 Å². The molecule has 1 aromatic carbocycles. The Bertz CT molecular complexity index is 2930. The molecule has 4 fully saturated rings. The van der Waals surface area contributed by atoms with Gasteiger partial charge < -0.3 is 38.9 Å². The Morgan fingerprint density at radius 1 is 0.740 bits per heavy atom. The van der Waals surface area contributed by atoms with E-state index in [-0.39, 0.29) is 114 Å². The first kappa shape index (κ1) is 53.3. The van der Waals surface area contributed by atoms with Crippen molar-refractivity contribution in [3.63, 3.8) is 0 Å². The highest BCUT2D eigenvalue weighted by molar-refractivity contribution is 7.92. The van der Waals surface area contributed by atoms with Gasteiger partial charge in [-0.25, -0.2) is 36.5 Å². The molecule has 0 spiro atoms. The van der Waals surface area contributed by atoms with Crippen molar-refractivity contribution in [2.24, 2.45) is 17.8 Å². The quantitative estimate of drug-likeness (QED) is 0.0614. The van der Waals surface area contributed by atoms with Crippen molar-refractivity contribution in [3.05, 3.63) is 77.2 Å². The molecular formula is C46H48F10N9O6S2-. The SMILES string of the molecule is N=[S-](=O)c1cc(NC(=O)c2cc(OC(F)(F)F)c(CC3CC3CS(=N)(=O)c3cccc(NC(=O)c4cc(OC(F)(F)F)c(CC5CC5)nc4N4CCCC(F)(F)CC4)c3)nc2N2CCCC(F)(F)CC2)ccn1. The topological polar surface area (TPSA) is 204 Å². The van der Waals surface area contributed by atoms with Gasteiger partial charge in [-0.2, -0.15) is 0 Å². The zero-order chi connectivity index (χ0) is 52.7. The number of aromatic nitrogens is 3. The van der Waals surface area contributed by atoms with Gasteiger partial charge in [-0.05, 0) is 110 Å². The number of ether oxygens (including phenoxy) is 2. The standard InChI is InChI=1S/C46H48F10N9O6S2/c47-43(48)9-2-14-64(16-11-43)39-32(23-36(70-45(51,52)53)34(62-39)18-26-6-7-26)41(66)60-29-4-1-5-31(21-29)73(58,69)25-28-19-27(28)20-35-37(71-46(54,55)56)24-33(40(63-35)65-15-3-10-44(49,50)12-17-65)42(67)61-30-8-13-59-38(22-30)72(57)68/h1,4-5,8,13,21-24,26-28,57-58H,2-3,6-7,9-12,14-20,25H2,(H,60,66)(H,59,61,67)/q-1. The molecule has 0 radical (unpaired) electrons. The van der Waals surface area contributed by atoms with Crippen LogP contribution in [0.15, 0.2) is 64.6 Å². The van der Waals surface area contributed by atoms with Crippen LogP contribution in [0.2, 0.25) is 0 Å². The summed E-state index contributed by atoms with van der Waals surface area (Å²) in [5, 5.41) is 4.74. The van der Waals surface area contributed by atoms with Crippen molar-refractivity contribution in [1.82, 2.24) is 15.0 Å². The molecule has 73 heavy (non-hydrogen) atoms. The maximum Gasteiger partial charge on any atom is 0.573 e. The summed E-state index contributed by atoms with van der Waals surface area (Å²) in [6.07, 6.45) is -10.1. The zero-order valence-electron chi connectivity index (χ0n) is 38.5. The number of benzene rings is 1. The molecule has 2 saturated heterocycles. The average Bonchev–Trinajstić information content (AvgIpc) is 4.24. The summed E-state index contributed by atoms with van der Waals surface area (Å²) in [7, 11) is -6.06. The molecule has 4 aromatic rings. The van der Waals surface area contributed by atoms with E-state index >= 15 is 0 Å². The van der Waals surface area contributed by atoms with E-state index in [0.29, 0.717) is 0 Å². The van der Waals surface area contributed by atoms with Gasteiger partial charge in [0, 0.05) is 80.1 Å². The van der Waals surface area contributed by atoms with Crippen LogP contribution in [0.3, 0.4) is 0 Å². The largest absolute Gasteiger partial charge is 0.573 e. The average molecular weight is 1080 g/mol. The molecule has 3 aromatic heterocycles. The van der Waals surface area contributed by atoms with Crippen LogP contribution in [0.4, 0.5) is 66.9 Å². The maximum atomic E-state index is 14.5. The van der Waals surface area contributed by atoms with Gasteiger partial charge in [0.2, 0.25) is 11.8 Å². The van der Waals surface area contributed by atoms with Crippen molar-refractivity contribution in [2.45, 2.75) is 105 Å². The predicted molar refractivity (Wildman–Crippen MR) is 245 cm³/mol.